The van der Waals surface area contributed by atoms with Gasteiger partial charge in [0.1, 0.15) is 0 Å². The quantitative estimate of drug-likeness (QED) is 0.518. The lowest BCUT2D eigenvalue weighted by Gasteiger charge is -1.84. The van der Waals surface area contributed by atoms with Gasteiger partial charge in [-0.3, -0.25) is 0 Å². The number of hydrogen-bond acceptors (Lipinski definition) is 1. The van der Waals surface area contributed by atoms with Gasteiger partial charge in [-0.2, -0.15) is 0 Å². The average Bonchev–Trinajstić information content (AvgIpc) is 1.68. The molecule has 0 aliphatic carbocycles. The summed E-state index contributed by atoms with van der Waals surface area (Å²) in [5.74, 6) is 0. The van der Waals surface area contributed by atoms with Crippen molar-refractivity contribution < 1.29 is 0 Å². The summed E-state index contributed by atoms with van der Waals surface area (Å²) in [7, 11) is 0. The molecule has 0 atom stereocenters. The summed E-state index contributed by atoms with van der Waals surface area (Å²) in [6.07, 6.45) is 4.55. The van der Waals surface area contributed by atoms with Gasteiger partial charge in [0.05, 0.1) is 0 Å². The fourth-order valence-electron chi connectivity index (χ4n) is 0.319. The number of rotatable bonds is 2. The molecule has 0 aliphatic heterocycles. The van der Waals surface area contributed by atoms with E-state index in [-0.39, 0.29) is 0 Å². The topological polar surface area (TPSA) is 26.0 Å². The van der Waals surface area contributed by atoms with Crippen LogP contribution in [0.4, 0.5) is 0 Å². The first-order valence-electron chi connectivity index (χ1n) is 2.39. The molecule has 0 saturated heterocycles. The Morgan fingerprint density at radius 3 is 2.57 bits per heavy atom. The molecule has 2 N–H and O–H groups in total. The molecule has 0 radical (unpaired) electrons. The second-order valence-electron chi connectivity index (χ2n) is 1.32. The van der Waals surface area contributed by atoms with Crippen LogP contribution >= 0.6 is 0 Å². The first-order valence-corrected chi connectivity index (χ1v) is 2.39. The van der Waals surface area contributed by atoms with Crippen molar-refractivity contribution >= 4 is 0 Å². The summed E-state index contributed by atoms with van der Waals surface area (Å²) < 4.78 is 0. The first kappa shape index (κ1) is 6.28. The van der Waals surface area contributed by atoms with E-state index in [0.29, 0.717) is 0 Å². The second-order valence-corrected chi connectivity index (χ2v) is 1.32. The molecule has 0 amide bonds. The fourth-order valence-corrected chi connectivity index (χ4v) is 0.319. The Hall–Kier alpha value is -0.720. The van der Waals surface area contributed by atoms with Gasteiger partial charge in [-0.25, -0.2) is 0 Å². The Bertz CT molecular complexity index is 82.2. The lowest BCUT2D eigenvalue weighted by Crippen LogP contribution is -1.89. The molecule has 0 unspecified atom stereocenters. The minimum Gasteiger partial charge on any atom is -0.399 e. The van der Waals surface area contributed by atoms with Crippen molar-refractivity contribution in [3.05, 3.63) is 24.4 Å². The van der Waals surface area contributed by atoms with Gasteiger partial charge in [0.25, 0.3) is 0 Å². The predicted molar refractivity (Wildman–Crippen MR) is 32.8 cm³/mol. The molecule has 0 aromatic rings. The lowest BCUT2D eigenvalue weighted by atomic mass is 10.3. The predicted octanol–water partition coefficient (Wildman–Crippen LogP) is 1.43. The highest BCUT2D eigenvalue weighted by molar-refractivity contribution is 5.10. The van der Waals surface area contributed by atoms with E-state index in [2.05, 4.69) is 6.58 Å². The second kappa shape index (κ2) is 3.47. The van der Waals surface area contributed by atoms with Crippen molar-refractivity contribution in [2.45, 2.75) is 13.3 Å². The Morgan fingerprint density at radius 1 is 1.86 bits per heavy atom. The van der Waals surface area contributed by atoms with Crippen LogP contribution in [0.3, 0.4) is 0 Å². The van der Waals surface area contributed by atoms with Crippen molar-refractivity contribution in [2.75, 3.05) is 0 Å². The summed E-state index contributed by atoms with van der Waals surface area (Å²) in [4.78, 5) is 0. The van der Waals surface area contributed by atoms with Crippen LogP contribution in [-0.2, 0) is 0 Å². The number of nitrogens with two attached hydrogens (primary N) is 1. The Kier molecular flexibility index (Phi) is 3.11. The maximum atomic E-state index is 5.33. The van der Waals surface area contributed by atoms with Gasteiger partial charge in [-0.05, 0) is 12.5 Å². The molecule has 0 heterocycles. The lowest BCUT2D eigenvalue weighted by molar-refractivity contribution is 1.19. The van der Waals surface area contributed by atoms with Crippen LogP contribution in [0.2, 0.25) is 0 Å². The van der Waals surface area contributed by atoms with Gasteiger partial charge in [0.2, 0.25) is 0 Å². The van der Waals surface area contributed by atoms with E-state index in [1.165, 1.54) is 0 Å². The Labute approximate surface area is 44.5 Å². The molecule has 7 heavy (non-hydrogen) atoms. The van der Waals surface area contributed by atoms with E-state index in [1.54, 1.807) is 6.08 Å². The highest BCUT2D eigenvalue weighted by atomic mass is 14.5. The van der Waals surface area contributed by atoms with Gasteiger partial charge in [0.15, 0.2) is 0 Å². The molecule has 0 aromatic heterocycles. The van der Waals surface area contributed by atoms with Crippen molar-refractivity contribution in [3.8, 4) is 0 Å². The third kappa shape index (κ3) is 3.10. The zero-order valence-corrected chi connectivity index (χ0v) is 4.65. The van der Waals surface area contributed by atoms with E-state index < -0.39 is 0 Å². The van der Waals surface area contributed by atoms with E-state index in [9.17, 15) is 0 Å². The maximum Gasteiger partial charge on any atom is 0.0267 e. The van der Waals surface area contributed by atoms with Crippen molar-refractivity contribution in [3.63, 3.8) is 0 Å². The minimum absolute atomic E-state index is 0.766. The average molecular weight is 97.2 g/mol. The summed E-state index contributed by atoms with van der Waals surface area (Å²) in [5, 5.41) is 0. The molecule has 0 aromatic carbocycles. The molecule has 1 heteroatoms. The molecule has 0 spiro atoms. The van der Waals surface area contributed by atoms with Gasteiger partial charge >= 0.3 is 0 Å². The van der Waals surface area contributed by atoms with E-state index in [1.807, 2.05) is 13.0 Å². The Balaban J connectivity index is 3.49. The maximum absolute atomic E-state index is 5.33. The zero-order chi connectivity index (χ0) is 5.70. The molecular formula is C6H11N. The number of allylic oxidation sites excluding steroid dienone is 2. The van der Waals surface area contributed by atoms with E-state index in [0.717, 1.165) is 12.1 Å². The van der Waals surface area contributed by atoms with Crippen molar-refractivity contribution in [2.24, 2.45) is 5.73 Å². The van der Waals surface area contributed by atoms with Crippen molar-refractivity contribution in [1.82, 2.24) is 0 Å². The summed E-state index contributed by atoms with van der Waals surface area (Å²) in [6.45, 7) is 5.52. The van der Waals surface area contributed by atoms with Crippen LogP contribution in [0.15, 0.2) is 24.4 Å². The van der Waals surface area contributed by atoms with Gasteiger partial charge in [-0.15, -0.1) is 0 Å². The van der Waals surface area contributed by atoms with Crippen LogP contribution in [-0.4, -0.2) is 0 Å². The molecule has 0 saturated carbocycles. The minimum atomic E-state index is 0.766. The van der Waals surface area contributed by atoms with Gasteiger partial charge in [-0.1, -0.05) is 19.6 Å². The van der Waals surface area contributed by atoms with E-state index >= 15 is 0 Å². The van der Waals surface area contributed by atoms with Crippen LogP contribution < -0.4 is 5.73 Å². The van der Waals surface area contributed by atoms with Crippen molar-refractivity contribution in [1.29, 1.82) is 0 Å². The third-order valence-electron chi connectivity index (χ3n) is 0.676. The highest BCUT2D eigenvalue weighted by Crippen LogP contribution is 1.85. The smallest absolute Gasteiger partial charge is 0.0267 e. The summed E-state index contributed by atoms with van der Waals surface area (Å²) in [5.41, 5.74) is 6.09. The molecule has 0 rings (SSSR count). The first-order chi connectivity index (χ1) is 3.31. The fraction of sp³-hybridized carbons (Fsp3) is 0.333. The third-order valence-corrected chi connectivity index (χ3v) is 0.676. The molecule has 0 aliphatic rings. The van der Waals surface area contributed by atoms with Crippen LogP contribution in [0.25, 0.3) is 0 Å². The monoisotopic (exact) mass is 97.1 g/mol. The van der Waals surface area contributed by atoms with Crippen LogP contribution in [0, 0.1) is 0 Å². The molecule has 40 valence electrons. The summed E-state index contributed by atoms with van der Waals surface area (Å²) in [6, 6.07) is 0. The summed E-state index contributed by atoms with van der Waals surface area (Å²) >= 11 is 0. The SMILES string of the molecule is C=C/C(N)=C\CC. The standard InChI is InChI=1S/C6H11N/c1-3-5-6(7)4-2/h4-5H,2-3,7H2,1H3/b6-5+. The normalized spacial score (nSPS) is 11.3. The van der Waals surface area contributed by atoms with Crippen LogP contribution in [0.5, 0.6) is 0 Å². The molecule has 0 fully saturated rings. The van der Waals surface area contributed by atoms with Gasteiger partial charge < -0.3 is 5.73 Å². The van der Waals surface area contributed by atoms with Crippen LogP contribution in [0.1, 0.15) is 13.3 Å². The largest absolute Gasteiger partial charge is 0.399 e. The van der Waals surface area contributed by atoms with Gasteiger partial charge in [0, 0.05) is 5.70 Å². The Morgan fingerprint density at radius 2 is 2.43 bits per heavy atom. The molecule has 1 nitrogen and oxygen atoms in total. The molecular weight excluding hydrogens is 86.1 g/mol. The zero-order valence-electron chi connectivity index (χ0n) is 4.65. The highest BCUT2D eigenvalue weighted by Gasteiger charge is 1.72. The number of hydrogen-bond donors (Lipinski definition) is 1. The van der Waals surface area contributed by atoms with E-state index in [4.69, 9.17) is 5.73 Å². The molecule has 0 bridgehead atoms.